The number of carbonyl (C=O) groups excluding carboxylic acids is 1. The molecule has 2 aromatic heterocycles. The lowest BCUT2D eigenvalue weighted by Crippen LogP contribution is -2.27. The van der Waals surface area contributed by atoms with E-state index in [2.05, 4.69) is 25.8 Å². The highest BCUT2D eigenvalue weighted by atomic mass is 32.1. The summed E-state index contributed by atoms with van der Waals surface area (Å²) in [4.78, 5) is 34.3. The van der Waals surface area contributed by atoms with Crippen LogP contribution in [0.15, 0.2) is 47.8 Å². The summed E-state index contributed by atoms with van der Waals surface area (Å²) in [6.07, 6.45) is -0.456. The van der Waals surface area contributed by atoms with E-state index in [9.17, 15) is 14.7 Å². The van der Waals surface area contributed by atoms with Crippen LogP contribution in [0.5, 0.6) is 0 Å². The Bertz CT molecular complexity index is 1440. The average Bonchev–Trinajstić information content (AvgIpc) is 3.28. The molecule has 0 saturated heterocycles. The average molecular weight is 489 g/mol. The van der Waals surface area contributed by atoms with E-state index in [1.807, 2.05) is 49.4 Å². The van der Waals surface area contributed by atoms with Gasteiger partial charge in [0.05, 0.1) is 16.9 Å². The molecule has 4 rings (SSSR count). The van der Waals surface area contributed by atoms with Crippen molar-refractivity contribution >= 4 is 39.9 Å². The Hall–Kier alpha value is -3.78. The van der Waals surface area contributed by atoms with E-state index < -0.39 is 12.0 Å². The van der Waals surface area contributed by atoms with Crippen LogP contribution in [0.1, 0.15) is 42.5 Å². The first-order chi connectivity index (χ1) is 16.4. The number of fused-ring (bicyclic) bond motifs is 1. The fraction of sp³-hybridized carbons (Fsp3) is 0.259. The first-order valence-electron chi connectivity index (χ1n) is 11.2. The number of primary amides is 1. The summed E-state index contributed by atoms with van der Waals surface area (Å²) < 4.78 is 0. The number of aromatic nitrogens is 2. The number of nitrogens with zero attached hydrogens (tertiary/aromatic N) is 3. The Kier molecular flexibility index (Phi) is 6.34. The van der Waals surface area contributed by atoms with Crippen molar-refractivity contribution in [1.82, 2.24) is 9.97 Å². The molecule has 2 aromatic carbocycles. The van der Waals surface area contributed by atoms with Gasteiger partial charge in [0.2, 0.25) is 0 Å². The van der Waals surface area contributed by atoms with Crippen LogP contribution in [0.2, 0.25) is 0 Å². The lowest BCUT2D eigenvalue weighted by Gasteiger charge is -2.26. The van der Waals surface area contributed by atoms with Crippen LogP contribution in [-0.4, -0.2) is 34.1 Å². The number of thiazole rings is 1. The van der Waals surface area contributed by atoms with Gasteiger partial charge in [-0.25, -0.2) is 9.78 Å². The van der Waals surface area contributed by atoms with Crippen LogP contribution in [0.3, 0.4) is 0 Å². The van der Waals surface area contributed by atoms with Gasteiger partial charge in [-0.3, -0.25) is 14.7 Å². The van der Waals surface area contributed by atoms with Crippen molar-refractivity contribution in [2.75, 3.05) is 11.9 Å². The van der Waals surface area contributed by atoms with Crippen molar-refractivity contribution in [2.45, 2.75) is 34.1 Å². The highest BCUT2D eigenvalue weighted by Gasteiger charge is 2.26. The summed E-state index contributed by atoms with van der Waals surface area (Å²) >= 11 is 1.33. The molecule has 0 aliphatic heterocycles. The quantitative estimate of drug-likeness (QED) is 0.351. The molecule has 4 aromatic rings. The number of hydrogen-bond acceptors (Lipinski definition) is 5. The first-order valence-corrected chi connectivity index (χ1v) is 12.1. The van der Waals surface area contributed by atoms with E-state index in [1.54, 1.807) is 12.4 Å². The van der Waals surface area contributed by atoms with Crippen LogP contribution in [0.4, 0.5) is 10.5 Å². The van der Waals surface area contributed by atoms with E-state index in [4.69, 9.17) is 10.7 Å². The minimum Gasteiger partial charge on any atom is -0.465 e. The number of hydrogen-bond donors (Lipinski definition) is 2. The zero-order valence-corrected chi connectivity index (χ0v) is 21.2. The highest BCUT2D eigenvalue weighted by molar-refractivity contribution is 7.13. The number of rotatable bonds is 5. The number of carboxylic acid groups (broad SMARTS) is 1. The summed E-state index contributed by atoms with van der Waals surface area (Å²) in [5.74, 6) is -0.576. The van der Waals surface area contributed by atoms with Gasteiger partial charge >= 0.3 is 6.09 Å². The zero-order chi connectivity index (χ0) is 25.5. The largest absolute Gasteiger partial charge is 0.465 e. The third-order valence-corrected chi connectivity index (χ3v) is 6.59. The Labute approximate surface area is 208 Å². The normalized spacial score (nSPS) is 11.6. The second kappa shape index (κ2) is 9.11. The van der Waals surface area contributed by atoms with Crippen LogP contribution in [-0.2, 0) is 6.42 Å². The SMILES string of the molecule is Cc1ccc(-c2c(N(C)C(=O)O)c(CC(C)(C)C)nc3ccc(-c4nc(C(N)=O)cs4)cc23)cc1. The summed E-state index contributed by atoms with van der Waals surface area (Å²) in [5.41, 5.74) is 11.2. The third-order valence-electron chi connectivity index (χ3n) is 5.70. The number of anilines is 1. The maximum atomic E-state index is 12.2. The smallest absolute Gasteiger partial charge is 0.411 e. The predicted octanol–water partition coefficient (Wildman–Crippen LogP) is 6.14. The Morgan fingerprint density at radius 3 is 2.29 bits per heavy atom. The molecule has 3 N–H and O–H groups in total. The second-order valence-corrected chi connectivity index (χ2v) is 10.7. The monoisotopic (exact) mass is 488 g/mol. The molecular formula is C27H28N4O3S. The second-order valence-electron chi connectivity index (χ2n) is 9.86. The topological polar surface area (TPSA) is 109 Å². The minimum atomic E-state index is -1.06. The Balaban J connectivity index is 2.08. The van der Waals surface area contributed by atoms with Crippen molar-refractivity contribution < 1.29 is 14.7 Å². The molecule has 0 spiro atoms. The lowest BCUT2D eigenvalue weighted by molar-refractivity contribution is 0.0996. The summed E-state index contributed by atoms with van der Waals surface area (Å²) in [5, 5.41) is 13.1. The molecule has 8 heteroatoms. The molecule has 0 aliphatic rings. The summed E-state index contributed by atoms with van der Waals surface area (Å²) in [6, 6.07) is 13.8. The summed E-state index contributed by atoms with van der Waals surface area (Å²) in [7, 11) is 1.55. The standard InChI is InChI=1S/C27H28N4O3S/c1-15-6-8-16(9-7-15)22-18-12-17(25-30-21(14-35-25)24(28)32)10-11-19(18)29-20(13-27(2,3)4)23(22)31(5)26(33)34/h6-12,14H,13H2,1-5H3,(H2,28,32)(H,33,34). The maximum absolute atomic E-state index is 12.2. The molecular weight excluding hydrogens is 460 g/mol. The Morgan fingerprint density at radius 1 is 1.06 bits per heavy atom. The number of aryl methyl sites for hydroxylation is 1. The number of carbonyl (C=O) groups is 2. The van der Waals surface area contributed by atoms with Gasteiger partial charge < -0.3 is 10.8 Å². The van der Waals surface area contributed by atoms with Crippen LogP contribution >= 0.6 is 11.3 Å². The number of amides is 2. The fourth-order valence-electron chi connectivity index (χ4n) is 4.05. The van der Waals surface area contributed by atoms with E-state index in [0.29, 0.717) is 17.1 Å². The van der Waals surface area contributed by atoms with Gasteiger partial charge in [-0.2, -0.15) is 0 Å². The van der Waals surface area contributed by atoms with Crippen molar-refractivity contribution in [3.8, 4) is 21.7 Å². The van der Waals surface area contributed by atoms with Gasteiger partial charge in [-0.15, -0.1) is 11.3 Å². The van der Waals surface area contributed by atoms with Gasteiger partial charge in [-0.05, 0) is 42.5 Å². The Morgan fingerprint density at radius 2 is 1.71 bits per heavy atom. The first kappa shape index (κ1) is 24.3. The fourth-order valence-corrected chi connectivity index (χ4v) is 4.86. The molecule has 2 heterocycles. The molecule has 0 atom stereocenters. The van der Waals surface area contributed by atoms with Crippen LogP contribution in [0, 0.1) is 12.3 Å². The minimum absolute atomic E-state index is 0.106. The van der Waals surface area contributed by atoms with E-state index in [0.717, 1.165) is 38.9 Å². The van der Waals surface area contributed by atoms with Gasteiger partial charge in [0.25, 0.3) is 5.91 Å². The molecule has 0 fully saturated rings. The van der Waals surface area contributed by atoms with E-state index in [1.165, 1.54) is 16.2 Å². The molecule has 35 heavy (non-hydrogen) atoms. The molecule has 0 radical (unpaired) electrons. The molecule has 0 aliphatic carbocycles. The summed E-state index contributed by atoms with van der Waals surface area (Å²) in [6.45, 7) is 8.34. The molecule has 0 unspecified atom stereocenters. The molecule has 180 valence electrons. The van der Waals surface area contributed by atoms with Gasteiger partial charge in [0.1, 0.15) is 10.7 Å². The predicted molar refractivity (Wildman–Crippen MR) is 141 cm³/mol. The number of pyridine rings is 1. The lowest BCUT2D eigenvalue weighted by atomic mass is 9.87. The van der Waals surface area contributed by atoms with Gasteiger partial charge in [-0.1, -0.05) is 50.6 Å². The number of benzene rings is 2. The van der Waals surface area contributed by atoms with Crippen molar-refractivity contribution in [1.29, 1.82) is 0 Å². The van der Waals surface area contributed by atoms with Crippen molar-refractivity contribution in [3.63, 3.8) is 0 Å². The number of nitrogens with two attached hydrogens (primary N) is 1. The molecule has 2 amide bonds. The van der Waals surface area contributed by atoms with Crippen molar-refractivity contribution in [2.24, 2.45) is 11.1 Å². The van der Waals surface area contributed by atoms with Crippen molar-refractivity contribution in [3.05, 3.63) is 64.8 Å². The van der Waals surface area contributed by atoms with Crippen LogP contribution in [0.25, 0.3) is 32.6 Å². The van der Waals surface area contributed by atoms with Gasteiger partial charge in [0.15, 0.2) is 0 Å². The maximum Gasteiger partial charge on any atom is 0.411 e. The van der Waals surface area contributed by atoms with E-state index in [-0.39, 0.29) is 11.1 Å². The molecule has 0 bridgehead atoms. The molecule has 7 nitrogen and oxygen atoms in total. The molecule has 0 saturated carbocycles. The highest BCUT2D eigenvalue weighted by Crippen LogP contribution is 2.42. The van der Waals surface area contributed by atoms with Crippen LogP contribution < -0.4 is 10.6 Å². The zero-order valence-electron chi connectivity index (χ0n) is 20.4. The van der Waals surface area contributed by atoms with E-state index >= 15 is 0 Å². The van der Waals surface area contributed by atoms with Gasteiger partial charge in [0, 0.05) is 28.9 Å². The third kappa shape index (κ3) is 5.02.